The maximum Gasteiger partial charge on any atom is 0.0582 e. The Labute approximate surface area is 89.5 Å². The zero-order valence-corrected chi connectivity index (χ0v) is 8.80. The third-order valence-corrected chi connectivity index (χ3v) is 2.50. The number of nitrogens with two attached hydrogens (primary N) is 1. The van der Waals surface area contributed by atoms with Crippen molar-refractivity contribution < 1.29 is 0 Å². The zero-order valence-electron chi connectivity index (χ0n) is 8.80. The van der Waals surface area contributed by atoms with Crippen LogP contribution in [0.3, 0.4) is 0 Å². The molecule has 0 fully saturated rings. The third-order valence-electron chi connectivity index (χ3n) is 2.50. The summed E-state index contributed by atoms with van der Waals surface area (Å²) in [5.41, 5.74) is 8.31. The SMILES string of the molecule is CCn1cc(C(N)c2ccccc2)cn1. The molecule has 2 N–H and O–H groups in total. The first-order valence-corrected chi connectivity index (χ1v) is 5.14. The van der Waals surface area contributed by atoms with Gasteiger partial charge in [0.25, 0.3) is 0 Å². The van der Waals surface area contributed by atoms with E-state index in [0.717, 1.165) is 17.7 Å². The second-order valence-corrected chi connectivity index (χ2v) is 3.52. The molecule has 1 unspecified atom stereocenters. The van der Waals surface area contributed by atoms with Gasteiger partial charge in [0.05, 0.1) is 12.2 Å². The molecule has 1 heterocycles. The van der Waals surface area contributed by atoms with E-state index in [1.807, 2.05) is 47.4 Å². The second-order valence-electron chi connectivity index (χ2n) is 3.52. The van der Waals surface area contributed by atoms with Gasteiger partial charge in [0, 0.05) is 18.3 Å². The molecule has 3 nitrogen and oxygen atoms in total. The van der Waals surface area contributed by atoms with Crippen LogP contribution in [0.5, 0.6) is 0 Å². The molecule has 15 heavy (non-hydrogen) atoms. The van der Waals surface area contributed by atoms with Crippen LogP contribution >= 0.6 is 0 Å². The first kappa shape index (κ1) is 9.93. The van der Waals surface area contributed by atoms with Crippen molar-refractivity contribution in [3.05, 3.63) is 53.9 Å². The molecule has 0 saturated carbocycles. The van der Waals surface area contributed by atoms with Gasteiger partial charge in [0.15, 0.2) is 0 Å². The maximum atomic E-state index is 6.13. The van der Waals surface area contributed by atoms with E-state index >= 15 is 0 Å². The Kier molecular flexibility index (Phi) is 2.83. The molecule has 1 atom stereocenters. The van der Waals surface area contributed by atoms with Crippen LogP contribution in [-0.4, -0.2) is 9.78 Å². The Balaban J connectivity index is 2.24. The van der Waals surface area contributed by atoms with E-state index in [1.54, 1.807) is 0 Å². The van der Waals surface area contributed by atoms with Crippen molar-refractivity contribution in [2.75, 3.05) is 0 Å². The number of rotatable bonds is 3. The number of aryl methyl sites for hydroxylation is 1. The van der Waals surface area contributed by atoms with E-state index in [1.165, 1.54) is 0 Å². The molecule has 2 rings (SSSR count). The highest BCUT2D eigenvalue weighted by atomic mass is 15.3. The fraction of sp³-hybridized carbons (Fsp3) is 0.250. The van der Waals surface area contributed by atoms with Gasteiger partial charge in [-0.2, -0.15) is 5.10 Å². The van der Waals surface area contributed by atoms with E-state index in [0.29, 0.717) is 0 Å². The van der Waals surface area contributed by atoms with Gasteiger partial charge in [-0.25, -0.2) is 0 Å². The lowest BCUT2D eigenvalue weighted by molar-refractivity contribution is 0.658. The molecule has 0 aliphatic carbocycles. The van der Waals surface area contributed by atoms with Crippen molar-refractivity contribution in [1.29, 1.82) is 0 Å². The number of nitrogens with zero attached hydrogens (tertiary/aromatic N) is 2. The van der Waals surface area contributed by atoms with Gasteiger partial charge >= 0.3 is 0 Å². The first-order chi connectivity index (χ1) is 7.31. The molecule has 0 bridgehead atoms. The van der Waals surface area contributed by atoms with Gasteiger partial charge in [-0.15, -0.1) is 0 Å². The largest absolute Gasteiger partial charge is 0.320 e. The predicted octanol–water partition coefficient (Wildman–Crippen LogP) is 1.95. The summed E-state index contributed by atoms with van der Waals surface area (Å²) in [5, 5.41) is 4.22. The third kappa shape index (κ3) is 2.07. The van der Waals surface area contributed by atoms with Gasteiger partial charge in [0.2, 0.25) is 0 Å². The van der Waals surface area contributed by atoms with Crippen LogP contribution in [0.2, 0.25) is 0 Å². The van der Waals surface area contributed by atoms with Crippen LogP contribution in [0, 0.1) is 0 Å². The van der Waals surface area contributed by atoms with Crippen molar-refractivity contribution in [1.82, 2.24) is 9.78 Å². The Bertz CT molecular complexity index is 419. The molecule has 0 radical (unpaired) electrons. The van der Waals surface area contributed by atoms with Gasteiger partial charge in [0.1, 0.15) is 0 Å². The summed E-state index contributed by atoms with van der Waals surface area (Å²) in [6.45, 7) is 2.94. The lowest BCUT2D eigenvalue weighted by atomic mass is 10.0. The van der Waals surface area contributed by atoms with E-state index in [9.17, 15) is 0 Å². The van der Waals surface area contributed by atoms with Gasteiger partial charge in [-0.3, -0.25) is 4.68 Å². The van der Waals surface area contributed by atoms with Crippen LogP contribution in [0.1, 0.15) is 24.1 Å². The molecule has 3 heteroatoms. The number of benzene rings is 1. The number of aromatic nitrogens is 2. The minimum Gasteiger partial charge on any atom is -0.320 e. The average Bonchev–Trinajstić information content (AvgIpc) is 2.78. The summed E-state index contributed by atoms with van der Waals surface area (Å²) in [4.78, 5) is 0. The fourth-order valence-corrected chi connectivity index (χ4v) is 1.57. The average molecular weight is 201 g/mol. The van der Waals surface area contributed by atoms with E-state index in [2.05, 4.69) is 12.0 Å². The standard InChI is InChI=1S/C12H15N3/c1-2-15-9-11(8-14-15)12(13)10-6-4-3-5-7-10/h3-9,12H,2,13H2,1H3. The van der Waals surface area contributed by atoms with Crippen molar-refractivity contribution in [3.63, 3.8) is 0 Å². The maximum absolute atomic E-state index is 6.13. The van der Waals surface area contributed by atoms with Crippen LogP contribution in [0.15, 0.2) is 42.7 Å². The Morgan fingerprint density at radius 3 is 2.60 bits per heavy atom. The van der Waals surface area contributed by atoms with Gasteiger partial charge in [-0.05, 0) is 12.5 Å². The minimum absolute atomic E-state index is 0.0773. The quantitative estimate of drug-likeness (QED) is 0.824. The van der Waals surface area contributed by atoms with Crippen LogP contribution < -0.4 is 5.73 Å². The molecule has 0 spiro atoms. The highest BCUT2D eigenvalue weighted by molar-refractivity contribution is 5.28. The summed E-state index contributed by atoms with van der Waals surface area (Å²) < 4.78 is 1.89. The molecule has 0 aliphatic heterocycles. The van der Waals surface area contributed by atoms with E-state index in [4.69, 9.17) is 5.73 Å². The summed E-state index contributed by atoms with van der Waals surface area (Å²) in [7, 11) is 0. The van der Waals surface area contributed by atoms with E-state index in [-0.39, 0.29) is 6.04 Å². The summed E-state index contributed by atoms with van der Waals surface area (Å²) in [6.07, 6.45) is 3.83. The van der Waals surface area contributed by atoms with Crippen molar-refractivity contribution in [2.45, 2.75) is 19.5 Å². The second kappa shape index (κ2) is 4.28. The van der Waals surface area contributed by atoms with Crippen LogP contribution in [-0.2, 0) is 6.54 Å². The summed E-state index contributed by atoms with van der Waals surface area (Å²) in [5.74, 6) is 0. The molecule has 0 saturated heterocycles. The van der Waals surface area contributed by atoms with Crippen LogP contribution in [0.25, 0.3) is 0 Å². The van der Waals surface area contributed by atoms with Crippen molar-refractivity contribution >= 4 is 0 Å². The van der Waals surface area contributed by atoms with Crippen molar-refractivity contribution in [2.24, 2.45) is 5.73 Å². The lowest BCUT2D eigenvalue weighted by Gasteiger charge is -2.08. The minimum atomic E-state index is -0.0773. The molecule has 1 aromatic carbocycles. The molecular formula is C12H15N3. The molecular weight excluding hydrogens is 186 g/mol. The smallest absolute Gasteiger partial charge is 0.0582 e. The Morgan fingerprint density at radius 2 is 2.00 bits per heavy atom. The summed E-state index contributed by atoms with van der Waals surface area (Å²) >= 11 is 0. The molecule has 0 amide bonds. The predicted molar refractivity (Wildman–Crippen MR) is 60.4 cm³/mol. The normalized spacial score (nSPS) is 12.7. The number of hydrogen-bond donors (Lipinski definition) is 1. The topological polar surface area (TPSA) is 43.8 Å². The van der Waals surface area contributed by atoms with Crippen molar-refractivity contribution in [3.8, 4) is 0 Å². The lowest BCUT2D eigenvalue weighted by Crippen LogP contribution is -2.10. The van der Waals surface area contributed by atoms with E-state index < -0.39 is 0 Å². The van der Waals surface area contributed by atoms with Gasteiger partial charge < -0.3 is 5.73 Å². The van der Waals surface area contributed by atoms with Crippen LogP contribution in [0.4, 0.5) is 0 Å². The highest BCUT2D eigenvalue weighted by Crippen LogP contribution is 2.18. The fourth-order valence-electron chi connectivity index (χ4n) is 1.57. The molecule has 1 aromatic heterocycles. The Morgan fingerprint density at radius 1 is 1.27 bits per heavy atom. The Hall–Kier alpha value is -1.61. The summed E-state index contributed by atoms with van der Waals surface area (Å²) in [6, 6.07) is 9.98. The highest BCUT2D eigenvalue weighted by Gasteiger charge is 2.09. The number of hydrogen-bond acceptors (Lipinski definition) is 2. The molecule has 2 aromatic rings. The first-order valence-electron chi connectivity index (χ1n) is 5.14. The molecule has 0 aliphatic rings. The van der Waals surface area contributed by atoms with Gasteiger partial charge in [-0.1, -0.05) is 30.3 Å². The zero-order chi connectivity index (χ0) is 10.7. The molecule has 78 valence electrons. The monoisotopic (exact) mass is 201 g/mol.